The van der Waals surface area contributed by atoms with Crippen LogP contribution in [-0.2, 0) is 0 Å². The first-order valence-corrected chi connectivity index (χ1v) is 4.98. The summed E-state index contributed by atoms with van der Waals surface area (Å²) in [5.41, 5.74) is 6.11. The van der Waals surface area contributed by atoms with Gasteiger partial charge in [-0.15, -0.1) is 13.2 Å². The molecule has 0 spiro atoms. The van der Waals surface area contributed by atoms with Crippen LogP contribution in [0.5, 0.6) is 5.75 Å². The van der Waals surface area contributed by atoms with Crippen LogP contribution in [0.25, 0.3) is 6.08 Å². The molecule has 0 saturated heterocycles. The Balaban J connectivity index is 3.03. The molecule has 16 heavy (non-hydrogen) atoms. The van der Waals surface area contributed by atoms with Gasteiger partial charge in [-0.2, -0.15) is 12.6 Å². The number of nitrogens with two attached hydrogens (primary N) is 1. The lowest BCUT2D eigenvalue weighted by Crippen LogP contribution is -2.17. The van der Waals surface area contributed by atoms with Gasteiger partial charge in [0.05, 0.1) is 0 Å². The van der Waals surface area contributed by atoms with E-state index in [9.17, 15) is 13.2 Å². The molecule has 0 fully saturated rings. The van der Waals surface area contributed by atoms with Gasteiger partial charge in [0.15, 0.2) is 0 Å². The molecular weight excluding hydrogens is 239 g/mol. The number of hydrogen-bond acceptors (Lipinski definition) is 3. The van der Waals surface area contributed by atoms with E-state index in [0.29, 0.717) is 11.4 Å². The molecular formula is C10H10F3NOS. The summed E-state index contributed by atoms with van der Waals surface area (Å²) in [4.78, 5) is 0. The largest absolute Gasteiger partial charge is 0.573 e. The van der Waals surface area contributed by atoms with Gasteiger partial charge in [0.1, 0.15) is 5.75 Å². The van der Waals surface area contributed by atoms with Crippen molar-refractivity contribution in [2.45, 2.75) is 6.36 Å². The van der Waals surface area contributed by atoms with Gasteiger partial charge in [0, 0.05) is 17.0 Å². The zero-order valence-electron chi connectivity index (χ0n) is 8.16. The molecule has 0 aliphatic heterocycles. The van der Waals surface area contributed by atoms with E-state index >= 15 is 0 Å². The monoisotopic (exact) mass is 249 g/mol. The molecule has 0 heterocycles. The summed E-state index contributed by atoms with van der Waals surface area (Å²) in [7, 11) is 0. The van der Waals surface area contributed by atoms with Gasteiger partial charge in [-0.05, 0) is 18.2 Å². The third-order valence-corrected chi connectivity index (χ3v) is 1.87. The molecule has 1 aromatic rings. The van der Waals surface area contributed by atoms with Gasteiger partial charge in [0.25, 0.3) is 0 Å². The number of hydrogen-bond donors (Lipinski definition) is 2. The van der Waals surface area contributed by atoms with Crippen LogP contribution in [0.1, 0.15) is 5.56 Å². The molecule has 0 aromatic heterocycles. The highest BCUT2D eigenvalue weighted by Gasteiger charge is 2.31. The smallest absolute Gasteiger partial charge is 0.405 e. The standard InChI is InChI=1S/C10H10F3NOS/c11-10(12,13)15-9-4-3-8(14)6-7(9)2-1-5-16/h1-4,6,16H,5,14H2. The minimum absolute atomic E-state index is 0.270. The Labute approximate surface area is 96.3 Å². The fourth-order valence-electron chi connectivity index (χ4n) is 1.09. The van der Waals surface area contributed by atoms with Crippen molar-refractivity contribution in [1.82, 2.24) is 0 Å². The lowest BCUT2D eigenvalue weighted by Gasteiger charge is -2.11. The Kier molecular flexibility index (Phi) is 4.12. The number of ether oxygens (including phenoxy) is 1. The predicted molar refractivity (Wildman–Crippen MR) is 60.4 cm³/mol. The highest BCUT2D eigenvalue weighted by Crippen LogP contribution is 2.28. The quantitative estimate of drug-likeness (QED) is 0.637. The minimum atomic E-state index is -4.71. The Hall–Kier alpha value is -1.30. The zero-order valence-corrected chi connectivity index (χ0v) is 9.05. The van der Waals surface area contributed by atoms with Crippen molar-refractivity contribution in [3.8, 4) is 5.75 Å². The van der Waals surface area contributed by atoms with Gasteiger partial charge >= 0.3 is 6.36 Å². The van der Waals surface area contributed by atoms with Crippen molar-refractivity contribution in [3.05, 3.63) is 29.8 Å². The average molecular weight is 249 g/mol. The van der Waals surface area contributed by atoms with E-state index in [0.717, 1.165) is 0 Å². The number of halogens is 3. The molecule has 0 amide bonds. The first kappa shape index (κ1) is 12.8. The summed E-state index contributed by atoms with van der Waals surface area (Å²) in [5, 5.41) is 0. The summed E-state index contributed by atoms with van der Waals surface area (Å²) in [6, 6.07) is 3.93. The number of alkyl halides is 3. The topological polar surface area (TPSA) is 35.2 Å². The van der Waals surface area contributed by atoms with E-state index in [1.165, 1.54) is 24.3 Å². The second kappa shape index (κ2) is 5.16. The van der Waals surface area contributed by atoms with Gasteiger partial charge in [0.2, 0.25) is 0 Å². The molecule has 2 nitrogen and oxygen atoms in total. The average Bonchev–Trinajstić information content (AvgIpc) is 2.16. The Morgan fingerprint density at radius 3 is 2.62 bits per heavy atom. The molecule has 0 atom stereocenters. The fraction of sp³-hybridized carbons (Fsp3) is 0.200. The molecule has 0 saturated carbocycles. The predicted octanol–water partition coefficient (Wildman–Crippen LogP) is 3.11. The molecule has 0 unspecified atom stereocenters. The Morgan fingerprint density at radius 2 is 2.06 bits per heavy atom. The van der Waals surface area contributed by atoms with Crippen LogP contribution in [0.15, 0.2) is 24.3 Å². The van der Waals surface area contributed by atoms with Crippen LogP contribution in [-0.4, -0.2) is 12.1 Å². The maximum Gasteiger partial charge on any atom is 0.573 e. The van der Waals surface area contributed by atoms with E-state index in [1.807, 2.05) is 0 Å². The summed E-state index contributed by atoms with van der Waals surface area (Å²) in [6.45, 7) is 0. The summed E-state index contributed by atoms with van der Waals surface area (Å²) in [6.07, 6.45) is -1.63. The van der Waals surface area contributed by atoms with Crippen LogP contribution in [0.2, 0.25) is 0 Å². The number of rotatable bonds is 3. The van der Waals surface area contributed by atoms with Crippen molar-refractivity contribution in [3.63, 3.8) is 0 Å². The van der Waals surface area contributed by atoms with Crippen molar-refractivity contribution in [2.24, 2.45) is 0 Å². The fourth-order valence-corrected chi connectivity index (χ4v) is 1.20. The molecule has 0 aliphatic rings. The van der Waals surface area contributed by atoms with E-state index in [-0.39, 0.29) is 11.3 Å². The maximum atomic E-state index is 12.1. The normalized spacial score (nSPS) is 12.0. The van der Waals surface area contributed by atoms with Crippen LogP contribution < -0.4 is 10.5 Å². The first-order chi connectivity index (χ1) is 7.42. The van der Waals surface area contributed by atoms with Crippen LogP contribution in [0.4, 0.5) is 18.9 Å². The number of anilines is 1. The van der Waals surface area contributed by atoms with E-state index in [1.54, 1.807) is 6.08 Å². The van der Waals surface area contributed by atoms with Crippen molar-refractivity contribution in [1.29, 1.82) is 0 Å². The second-order valence-electron chi connectivity index (χ2n) is 2.93. The van der Waals surface area contributed by atoms with E-state index < -0.39 is 6.36 Å². The summed E-state index contributed by atoms with van der Waals surface area (Å²) >= 11 is 3.92. The SMILES string of the molecule is Nc1ccc(OC(F)(F)F)c(C=CCS)c1. The van der Waals surface area contributed by atoms with Crippen LogP contribution >= 0.6 is 12.6 Å². The zero-order chi connectivity index (χ0) is 12.2. The molecule has 88 valence electrons. The molecule has 0 bridgehead atoms. The highest BCUT2D eigenvalue weighted by molar-refractivity contribution is 7.80. The lowest BCUT2D eigenvalue weighted by atomic mass is 10.1. The van der Waals surface area contributed by atoms with E-state index in [4.69, 9.17) is 5.73 Å². The third kappa shape index (κ3) is 4.06. The summed E-state index contributed by atoms with van der Waals surface area (Å²) < 4.78 is 40.0. The molecule has 1 rings (SSSR count). The van der Waals surface area contributed by atoms with Crippen LogP contribution in [0.3, 0.4) is 0 Å². The maximum absolute atomic E-state index is 12.1. The van der Waals surface area contributed by atoms with Crippen LogP contribution in [0, 0.1) is 0 Å². The number of nitrogen functional groups attached to an aromatic ring is 1. The molecule has 0 aliphatic carbocycles. The molecule has 1 aromatic carbocycles. The highest BCUT2D eigenvalue weighted by atomic mass is 32.1. The number of benzene rings is 1. The van der Waals surface area contributed by atoms with Gasteiger partial charge in [-0.25, -0.2) is 0 Å². The molecule has 0 radical (unpaired) electrons. The van der Waals surface area contributed by atoms with Gasteiger partial charge < -0.3 is 10.5 Å². The van der Waals surface area contributed by atoms with Gasteiger partial charge in [-0.1, -0.05) is 12.2 Å². The van der Waals surface area contributed by atoms with Gasteiger partial charge in [-0.3, -0.25) is 0 Å². The summed E-state index contributed by atoms with van der Waals surface area (Å²) in [5.74, 6) is 0.139. The molecule has 6 heteroatoms. The number of thiol groups is 1. The Morgan fingerprint density at radius 1 is 1.38 bits per heavy atom. The lowest BCUT2D eigenvalue weighted by molar-refractivity contribution is -0.274. The Bertz CT molecular complexity index is 390. The minimum Gasteiger partial charge on any atom is -0.405 e. The van der Waals surface area contributed by atoms with Crippen molar-refractivity contribution < 1.29 is 17.9 Å². The van der Waals surface area contributed by atoms with E-state index in [2.05, 4.69) is 17.4 Å². The second-order valence-corrected chi connectivity index (χ2v) is 3.30. The first-order valence-electron chi connectivity index (χ1n) is 4.35. The third-order valence-electron chi connectivity index (χ3n) is 1.66. The molecule has 2 N–H and O–H groups in total. The van der Waals surface area contributed by atoms with Crippen molar-refractivity contribution >= 4 is 24.4 Å². The van der Waals surface area contributed by atoms with Crippen molar-refractivity contribution in [2.75, 3.05) is 11.5 Å².